The van der Waals surface area contributed by atoms with Crippen molar-refractivity contribution in [2.24, 2.45) is 0 Å². The van der Waals surface area contributed by atoms with Crippen molar-refractivity contribution in [2.45, 2.75) is 33.4 Å². The van der Waals surface area contributed by atoms with E-state index in [0.717, 1.165) is 23.0 Å². The lowest BCUT2D eigenvalue weighted by atomic mass is 10.2. The van der Waals surface area contributed by atoms with Crippen LogP contribution < -0.4 is 14.8 Å². The molecule has 2 heterocycles. The number of nitrogens with one attached hydrogen (secondary N) is 1. The summed E-state index contributed by atoms with van der Waals surface area (Å²) >= 11 is 0. The standard InChI is InChI=1S/C27H30N4O4/c1-3-33-16-8-15-31-23-11-6-5-10-22(23)29-27(31)30-26(32)21-12-13-24(25(17-21)34-4-2)35-19-20-9-7-14-28-18-20/h5-7,9-14,17-18H,3-4,8,15-16,19H2,1-2H3,(H,29,30,32). The zero-order chi connectivity index (χ0) is 24.5. The summed E-state index contributed by atoms with van der Waals surface area (Å²) < 4.78 is 19.2. The summed E-state index contributed by atoms with van der Waals surface area (Å²) in [5.74, 6) is 1.30. The number of hydrogen-bond acceptors (Lipinski definition) is 6. The molecule has 0 spiro atoms. The molecule has 0 bridgehead atoms. The van der Waals surface area contributed by atoms with E-state index in [4.69, 9.17) is 14.2 Å². The van der Waals surface area contributed by atoms with Crippen molar-refractivity contribution in [1.82, 2.24) is 14.5 Å². The molecule has 0 aliphatic heterocycles. The molecule has 0 saturated heterocycles. The number of fused-ring (bicyclic) bond motifs is 1. The van der Waals surface area contributed by atoms with E-state index >= 15 is 0 Å². The number of nitrogens with zero attached hydrogens (tertiary/aromatic N) is 3. The van der Waals surface area contributed by atoms with Gasteiger partial charge in [-0.3, -0.25) is 15.1 Å². The average Bonchev–Trinajstić information content (AvgIpc) is 3.23. The van der Waals surface area contributed by atoms with Gasteiger partial charge in [0.25, 0.3) is 5.91 Å². The number of ether oxygens (including phenoxy) is 3. The zero-order valence-corrected chi connectivity index (χ0v) is 20.1. The van der Waals surface area contributed by atoms with Gasteiger partial charge in [0.1, 0.15) is 6.61 Å². The molecule has 2 aromatic heterocycles. The van der Waals surface area contributed by atoms with Crippen LogP contribution in [0, 0.1) is 0 Å². The Morgan fingerprint density at radius 2 is 1.89 bits per heavy atom. The monoisotopic (exact) mass is 474 g/mol. The first-order valence-electron chi connectivity index (χ1n) is 11.8. The molecule has 0 saturated carbocycles. The summed E-state index contributed by atoms with van der Waals surface area (Å²) in [6, 6.07) is 16.8. The number of amides is 1. The lowest BCUT2D eigenvalue weighted by Crippen LogP contribution is -2.17. The van der Waals surface area contributed by atoms with Gasteiger partial charge in [0, 0.05) is 43.3 Å². The Labute approximate surface area is 204 Å². The third-order valence-electron chi connectivity index (χ3n) is 5.38. The normalized spacial score (nSPS) is 10.9. The first-order chi connectivity index (χ1) is 17.2. The first-order valence-corrected chi connectivity index (χ1v) is 11.8. The molecule has 0 aliphatic carbocycles. The van der Waals surface area contributed by atoms with E-state index in [2.05, 4.69) is 15.3 Å². The van der Waals surface area contributed by atoms with E-state index in [-0.39, 0.29) is 5.91 Å². The number of carbonyl (C=O) groups is 1. The highest BCUT2D eigenvalue weighted by molar-refractivity contribution is 6.04. The van der Waals surface area contributed by atoms with Crippen LogP contribution in [0.2, 0.25) is 0 Å². The van der Waals surface area contributed by atoms with Gasteiger partial charge in [-0.1, -0.05) is 18.2 Å². The van der Waals surface area contributed by atoms with Crippen LogP contribution in [0.4, 0.5) is 5.95 Å². The molecular weight excluding hydrogens is 444 g/mol. The van der Waals surface area contributed by atoms with Gasteiger partial charge in [-0.05, 0) is 56.7 Å². The second kappa shape index (κ2) is 12.0. The molecule has 0 atom stereocenters. The van der Waals surface area contributed by atoms with Crippen molar-refractivity contribution in [3.05, 3.63) is 78.1 Å². The smallest absolute Gasteiger partial charge is 0.258 e. The van der Waals surface area contributed by atoms with E-state index in [0.29, 0.717) is 56.0 Å². The molecule has 2 aromatic carbocycles. The molecule has 1 N–H and O–H groups in total. The molecule has 4 aromatic rings. The molecule has 8 nitrogen and oxygen atoms in total. The number of aryl methyl sites for hydroxylation is 1. The van der Waals surface area contributed by atoms with Gasteiger partial charge in [-0.15, -0.1) is 0 Å². The van der Waals surface area contributed by atoms with Gasteiger partial charge in [0.05, 0.1) is 17.6 Å². The summed E-state index contributed by atoms with van der Waals surface area (Å²) in [4.78, 5) is 21.9. The van der Waals surface area contributed by atoms with E-state index in [1.54, 1.807) is 30.6 Å². The van der Waals surface area contributed by atoms with Crippen LogP contribution in [0.15, 0.2) is 67.0 Å². The van der Waals surface area contributed by atoms with E-state index in [1.165, 1.54) is 0 Å². The third kappa shape index (κ3) is 6.16. The van der Waals surface area contributed by atoms with Gasteiger partial charge in [-0.25, -0.2) is 4.98 Å². The molecular formula is C27H30N4O4. The van der Waals surface area contributed by atoms with Crippen LogP contribution in [0.5, 0.6) is 11.5 Å². The molecule has 0 aliphatic rings. The number of imidazole rings is 1. The van der Waals surface area contributed by atoms with Crippen molar-refractivity contribution in [3.8, 4) is 11.5 Å². The zero-order valence-electron chi connectivity index (χ0n) is 20.1. The van der Waals surface area contributed by atoms with Crippen LogP contribution >= 0.6 is 0 Å². The number of hydrogen-bond donors (Lipinski definition) is 1. The minimum Gasteiger partial charge on any atom is -0.490 e. The SMILES string of the molecule is CCOCCCn1c(NC(=O)c2ccc(OCc3cccnc3)c(OCC)c2)nc2ccccc21. The molecule has 8 heteroatoms. The second-order valence-electron chi connectivity index (χ2n) is 7.82. The summed E-state index contributed by atoms with van der Waals surface area (Å²) in [7, 11) is 0. The third-order valence-corrected chi connectivity index (χ3v) is 5.38. The van der Waals surface area contributed by atoms with E-state index in [1.807, 2.05) is 54.8 Å². The molecule has 0 fully saturated rings. The van der Waals surface area contributed by atoms with Crippen LogP contribution in [0.25, 0.3) is 11.0 Å². The van der Waals surface area contributed by atoms with E-state index < -0.39 is 0 Å². The first kappa shape index (κ1) is 24.2. The number of para-hydroxylation sites is 2. The van der Waals surface area contributed by atoms with Crippen molar-refractivity contribution in [3.63, 3.8) is 0 Å². The Hall–Kier alpha value is -3.91. The fourth-order valence-electron chi connectivity index (χ4n) is 3.72. The highest BCUT2D eigenvalue weighted by Crippen LogP contribution is 2.30. The highest BCUT2D eigenvalue weighted by Gasteiger charge is 2.16. The number of benzene rings is 2. The largest absolute Gasteiger partial charge is 0.490 e. The summed E-state index contributed by atoms with van der Waals surface area (Å²) in [5.41, 5.74) is 3.19. The minimum atomic E-state index is -0.272. The Morgan fingerprint density at radius 3 is 2.69 bits per heavy atom. The van der Waals surface area contributed by atoms with Gasteiger partial charge >= 0.3 is 0 Å². The van der Waals surface area contributed by atoms with Crippen molar-refractivity contribution in [2.75, 3.05) is 25.1 Å². The van der Waals surface area contributed by atoms with Gasteiger partial charge in [-0.2, -0.15) is 0 Å². The lowest BCUT2D eigenvalue weighted by Gasteiger charge is -2.14. The molecule has 35 heavy (non-hydrogen) atoms. The van der Waals surface area contributed by atoms with E-state index in [9.17, 15) is 4.79 Å². The second-order valence-corrected chi connectivity index (χ2v) is 7.82. The summed E-state index contributed by atoms with van der Waals surface area (Å²) in [6.07, 6.45) is 4.28. The minimum absolute atomic E-state index is 0.272. The number of pyridine rings is 1. The highest BCUT2D eigenvalue weighted by atomic mass is 16.5. The molecule has 0 unspecified atom stereocenters. The van der Waals surface area contributed by atoms with Crippen molar-refractivity contribution in [1.29, 1.82) is 0 Å². The maximum absolute atomic E-state index is 13.2. The number of anilines is 1. The predicted octanol–water partition coefficient (Wildman–Crippen LogP) is 5.09. The Morgan fingerprint density at radius 1 is 1.00 bits per heavy atom. The van der Waals surface area contributed by atoms with Crippen molar-refractivity contribution >= 4 is 22.9 Å². The van der Waals surface area contributed by atoms with Crippen LogP contribution in [0.3, 0.4) is 0 Å². The Kier molecular flexibility index (Phi) is 8.30. The average molecular weight is 475 g/mol. The topological polar surface area (TPSA) is 87.5 Å². The summed E-state index contributed by atoms with van der Waals surface area (Å²) in [6.45, 7) is 6.68. The Bertz CT molecular complexity index is 1260. The molecule has 4 rings (SSSR count). The number of carbonyl (C=O) groups excluding carboxylic acids is 1. The predicted molar refractivity (Wildman–Crippen MR) is 135 cm³/mol. The van der Waals surface area contributed by atoms with Gasteiger partial charge in [0.2, 0.25) is 5.95 Å². The number of aromatic nitrogens is 3. The molecule has 1 amide bonds. The quantitative estimate of drug-likeness (QED) is 0.288. The summed E-state index contributed by atoms with van der Waals surface area (Å²) in [5, 5.41) is 2.97. The van der Waals surface area contributed by atoms with Crippen LogP contribution in [-0.4, -0.2) is 40.3 Å². The van der Waals surface area contributed by atoms with Gasteiger partial charge < -0.3 is 18.8 Å². The lowest BCUT2D eigenvalue weighted by molar-refractivity contribution is 0.102. The fourth-order valence-corrected chi connectivity index (χ4v) is 3.72. The number of rotatable bonds is 12. The molecule has 182 valence electrons. The maximum Gasteiger partial charge on any atom is 0.258 e. The Balaban J connectivity index is 1.52. The van der Waals surface area contributed by atoms with Gasteiger partial charge in [0.15, 0.2) is 11.5 Å². The van der Waals surface area contributed by atoms with Crippen LogP contribution in [-0.2, 0) is 17.9 Å². The fraction of sp³-hybridized carbons (Fsp3) is 0.296. The molecule has 0 radical (unpaired) electrons. The van der Waals surface area contributed by atoms with Crippen LogP contribution in [0.1, 0.15) is 36.2 Å². The van der Waals surface area contributed by atoms with Crippen molar-refractivity contribution < 1.29 is 19.0 Å². The maximum atomic E-state index is 13.2.